The summed E-state index contributed by atoms with van der Waals surface area (Å²) < 4.78 is 88.2. The molecular formula is C29H30F6N6O2. The van der Waals surface area contributed by atoms with E-state index in [0.29, 0.717) is 36.0 Å². The fraction of sp³-hybridized carbons (Fsp3) is 0.414. The van der Waals surface area contributed by atoms with Crippen molar-refractivity contribution in [2.45, 2.75) is 64.0 Å². The fourth-order valence-corrected chi connectivity index (χ4v) is 5.55. The standard InChI is InChI=1S/C29H30F6N6O2/c1-13-25-27(40(3)26(14(2)43-4)28(42)38-25)39-29(36-13)37-17-9-18(10-17)41(11-15-5-19(30)23(34)20(31)6-15)12-16-7-21(32)24(35)22(33)8-16/h5-8,14,17-18,26H,9-12H2,1-4H3,(H,38,42)(H,36,37,39)/t14-,17-,18-,26?/m1/s1. The van der Waals surface area contributed by atoms with E-state index < -0.39 is 47.0 Å². The van der Waals surface area contributed by atoms with Gasteiger partial charge in [0, 0.05) is 39.3 Å². The molecule has 1 saturated carbocycles. The number of amides is 1. The minimum atomic E-state index is -1.60. The Balaban J connectivity index is 1.33. The molecule has 43 heavy (non-hydrogen) atoms. The summed E-state index contributed by atoms with van der Waals surface area (Å²) in [4.78, 5) is 25.2. The molecule has 14 heteroatoms. The van der Waals surface area contributed by atoms with Crippen LogP contribution in [0.2, 0.25) is 0 Å². The van der Waals surface area contributed by atoms with Crippen LogP contribution in [-0.4, -0.2) is 59.2 Å². The minimum Gasteiger partial charge on any atom is -0.379 e. The summed E-state index contributed by atoms with van der Waals surface area (Å²) in [5.74, 6) is -8.02. The maximum atomic E-state index is 13.9. The van der Waals surface area contributed by atoms with Gasteiger partial charge in [0.25, 0.3) is 0 Å². The molecule has 2 heterocycles. The van der Waals surface area contributed by atoms with Crippen molar-refractivity contribution in [2.24, 2.45) is 0 Å². The van der Waals surface area contributed by atoms with Crippen molar-refractivity contribution in [2.75, 3.05) is 29.7 Å². The van der Waals surface area contributed by atoms with Crippen molar-refractivity contribution in [1.29, 1.82) is 0 Å². The lowest BCUT2D eigenvalue weighted by Gasteiger charge is -2.43. The molecule has 1 aliphatic heterocycles. The number of benzene rings is 2. The van der Waals surface area contributed by atoms with Crippen LogP contribution in [0.4, 0.5) is 43.8 Å². The van der Waals surface area contributed by atoms with E-state index in [2.05, 4.69) is 20.6 Å². The van der Waals surface area contributed by atoms with Gasteiger partial charge in [-0.25, -0.2) is 31.3 Å². The van der Waals surface area contributed by atoms with Crippen molar-refractivity contribution in [1.82, 2.24) is 14.9 Å². The number of carbonyl (C=O) groups excluding carboxylic acids is 1. The topological polar surface area (TPSA) is 82.6 Å². The summed E-state index contributed by atoms with van der Waals surface area (Å²) in [7, 11) is 3.26. The van der Waals surface area contributed by atoms with Gasteiger partial charge in [0.1, 0.15) is 11.7 Å². The number of fused-ring (bicyclic) bond motifs is 1. The highest BCUT2D eigenvalue weighted by atomic mass is 19.2. The van der Waals surface area contributed by atoms with Gasteiger partial charge in [0.2, 0.25) is 11.9 Å². The Morgan fingerprint density at radius 1 is 0.977 bits per heavy atom. The van der Waals surface area contributed by atoms with Crippen LogP contribution in [0.1, 0.15) is 36.6 Å². The number of methoxy groups -OCH3 is 1. The number of likely N-dealkylation sites (N-methyl/N-ethyl adjacent to an activating group) is 1. The SMILES string of the molecule is CO[C@H](C)C1C(=O)Nc2c(C)nc(N[C@H]3C[C@H](N(Cc4cc(F)c(F)c(F)c4)Cc4cc(F)c(F)c(F)c4)C3)nc2N1C. The highest BCUT2D eigenvalue weighted by Gasteiger charge is 2.38. The number of halogens is 6. The summed E-state index contributed by atoms with van der Waals surface area (Å²) in [5.41, 5.74) is 1.28. The molecule has 1 aromatic heterocycles. The third kappa shape index (κ3) is 6.11. The minimum absolute atomic E-state index is 0.0653. The molecule has 0 radical (unpaired) electrons. The molecule has 1 amide bonds. The normalized spacial score (nSPS) is 20.5. The summed E-state index contributed by atoms with van der Waals surface area (Å²) in [5, 5.41) is 6.11. The van der Waals surface area contributed by atoms with E-state index in [0.717, 1.165) is 24.3 Å². The van der Waals surface area contributed by atoms with E-state index in [1.54, 1.807) is 30.7 Å². The summed E-state index contributed by atoms with van der Waals surface area (Å²) >= 11 is 0. The van der Waals surface area contributed by atoms with E-state index in [9.17, 15) is 31.1 Å². The van der Waals surface area contributed by atoms with Gasteiger partial charge >= 0.3 is 0 Å². The zero-order valence-corrected chi connectivity index (χ0v) is 23.8. The van der Waals surface area contributed by atoms with E-state index in [-0.39, 0.29) is 42.2 Å². The van der Waals surface area contributed by atoms with E-state index in [1.807, 2.05) is 0 Å². The monoisotopic (exact) mass is 608 g/mol. The van der Waals surface area contributed by atoms with Gasteiger partial charge in [-0.2, -0.15) is 4.98 Å². The Labute approximate surface area is 244 Å². The molecule has 2 atom stereocenters. The third-order valence-corrected chi connectivity index (χ3v) is 7.98. The molecule has 1 aliphatic carbocycles. The Morgan fingerprint density at radius 2 is 1.49 bits per heavy atom. The first-order chi connectivity index (χ1) is 20.4. The van der Waals surface area contributed by atoms with Gasteiger partial charge in [-0.3, -0.25) is 9.69 Å². The molecule has 2 aromatic carbocycles. The van der Waals surface area contributed by atoms with Crippen molar-refractivity contribution in [3.63, 3.8) is 0 Å². The summed E-state index contributed by atoms with van der Waals surface area (Å²) in [6.45, 7) is 3.39. The van der Waals surface area contributed by atoms with Crippen LogP contribution >= 0.6 is 0 Å². The lowest BCUT2D eigenvalue weighted by atomic mass is 9.85. The number of aromatic nitrogens is 2. The summed E-state index contributed by atoms with van der Waals surface area (Å²) in [6, 6.07) is 2.49. The Morgan fingerprint density at radius 3 is 1.98 bits per heavy atom. The van der Waals surface area contributed by atoms with Crippen molar-refractivity contribution in [3.8, 4) is 0 Å². The lowest BCUT2D eigenvalue weighted by Crippen LogP contribution is -2.53. The second kappa shape index (κ2) is 12.0. The molecule has 3 aromatic rings. The van der Waals surface area contributed by atoms with Gasteiger partial charge in [-0.05, 0) is 62.1 Å². The summed E-state index contributed by atoms with van der Waals surface area (Å²) in [6.07, 6.45) is 0.579. The van der Waals surface area contributed by atoms with Crippen LogP contribution in [-0.2, 0) is 22.6 Å². The number of rotatable bonds is 9. The largest absolute Gasteiger partial charge is 0.379 e. The molecule has 2 N–H and O–H groups in total. The van der Waals surface area contributed by atoms with Gasteiger partial charge in [0.15, 0.2) is 40.7 Å². The Kier molecular flexibility index (Phi) is 8.52. The number of hydrogen-bond donors (Lipinski definition) is 2. The highest BCUT2D eigenvalue weighted by molar-refractivity contribution is 6.03. The Hall–Kier alpha value is -3.91. The van der Waals surface area contributed by atoms with E-state index in [1.165, 1.54) is 7.11 Å². The molecule has 8 nitrogen and oxygen atoms in total. The van der Waals surface area contributed by atoms with Crippen LogP contribution < -0.4 is 15.5 Å². The molecule has 0 bridgehead atoms. The fourth-order valence-electron chi connectivity index (χ4n) is 5.55. The smallest absolute Gasteiger partial charge is 0.249 e. The van der Waals surface area contributed by atoms with Gasteiger partial charge < -0.3 is 20.3 Å². The maximum Gasteiger partial charge on any atom is 0.249 e. The first kappa shape index (κ1) is 30.5. The number of aryl methyl sites for hydroxylation is 1. The van der Waals surface area contributed by atoms with Gasteiger partial charge in [0.05, 0.1) is 11.8 Å². The maximum absolute atomic E-state index is 13.9. The van der Waals surface area contributed by atoms with Crippen LogP contribution in [0.5, 0.6) is 0 Å². The molecule has 230 valence electrons. The van der Waals surface area contributed by atoms with E-state index in [4.69, 9.17) is 4.74 Å². The zero-order chi connectivity index (χ0) is 31.2. The number of hydrogen-bond acceptors (Lipinski definition) is 7. The van der Waals surface area contributed by atoms with Crippen LogP contribution in [0, 0.1) is 41.8 Å². The highest BCUT2D eigenvalue weighted by Crippen LogP contribution is 2.36. The molecule has 0 saturated heterocycles. The Bertz CT molecular complexity index is 1450. The van der Waals surface area contributed by atoms with Crippen LogP contribution in [0.25, 0.3) is 0 Å². The van der Waals surface area contributed by atoms with Gasteiger partial charge in [-0.1, -0.05) is 0 Å². The first-order valence-corrected chi connectivity index (χ1v) is 13.6. The van der Waals surface area contributed by atoms with Crippen LogP contribution in [0.3, 0.4) is 0 Å². The predicted molar refractivity (Wildman–Crippen MR) is 146 cm³/mol. The number of anilines is 3. The predicted octanol–water partition coefficient (Wildman–Crippen LogP) is 5.06. The van der Waals surface area contributed by atoms with Crippen molar-refractivity contribution >= 4 is 23.4 Å². The molecule has 1 fully saturated rings. The zero-order valence-electron chi connectivity index (χ0n) is 23.8. The first-order valence-electron chi connectivity index (χ1n) is 13.6. The average molecular weight is 609 g/mol. The molecule has 1 unspecified atom stereocenters. The quantitative estimate of drug-likeness (QED) is 0.260. The molecule has 5 rings (SSSR count). The number of nitrogens with one attached hydrogen (secondary N) is 2. The lowest BCUT2D eigenvalue weighted by molar-refractivity contribution is -0.120. The molecule has 2 aliphatic rings. The van der Waals surface area contributed by atoms with Crippen molar-refractivity contribution in [3.05, 3.63) is 76.0 Å². The van der Waals surface area contributed by atoms with Crippen molar-refractivity contribution < 1.29 is 35.9 Å². The number of ether oxygens (including phenoxy) is 1. The second-order valence-electron chi connectivity index (χ2n) is 10.9. The van der Waals surface area contributed by atoms with Gasteiger partial charge in [-0.15, -0.1) is 0 Å². The third-order valence-electron chi connectivity index (χ3n) is 7.98. The average Bonchev–Trinajstić information content (AvgIpc) is 2.92. The second-order valence-corrected chi connectivity index (χ2v) is 10.9. The molecular weight excluding hydrogens is 578 g/mol. The number of nitrogens with zero attached hydrogens (tertiary/aromatic N) is 4. The number of carbonyl (C=O) groups is 1. The molecule has 0 spiro atoms. The van der Waals surface area contributed by atoms with Crippen LogP contribution in [0.15, 0.2) is 24.3 Å². The van der Waals surface area contributed by atoms with E-state index >= 15 is 0 Å².